The van der Waals surface area contributed by atoms with Crippen molar-refractivity contribution in [1.29, 1.82) is 0 Å². The Kier molecular flexibility index (Phi) is 7.10. The zero-order valence-electron chi connectivity index (χ0n) is 9.38. The van der Waals surface area contributed by atoms with Gasteiger partial charge in [-0.2, -0.15) is 0 Å². The maximum Gasteiger partial charge on any atom is 0.129 e. The largest absolute Gasteiger partial charge is 0.129 e. The lowest BCUT2D eigenvalue weighted by atomic mass is 10.1. The van der Waals surface area contributed by atoms with Crippen LogP contribution in [0.25, 0.3) is 0 Å². The van der Waals surface area contributed by atoms with Crippen molar-refractivity contribution in [2.24, 2.45) is 0 Å². The zero-order valence-corrected chi connectivity index (χ0v) is 13.5. The van der Waals surface area contributed by atoms with E-state index in [0.717, 1.165) is 9.81 Å². The molecule has 0 nitrogen and oxygen atoms in total. The second kappa shape index (κ2) is 6.87. The number of rotatable bonds is 3. The molecule has 0 aliphatic rings. The minimum Gasteiger partial charge on any atom is -0.127 e. The summed E-state index contributed by atoms with van der Waals surface area (Å²) < 4.78 is 1.02. The Morgan fingerprint density at radius 3 is 2.14 bits per heavy atom. The number of unbranched alkanes of at least 4 members (excludes halogenated alkanes) is 1. The molecule has 0 N–H and O–H groups in total. The molecule has 0 radical (unpaired) electrons. The van der Waals surface area contributed by atoms with E-state index in [1.54, 1.807) is 0 Å². The van der Waals surface area contributed by atoms with Gasteiger partial charge in [-0.3, -0.25) is 0 Å². The summed E-state index contributed by atoms with van der Waals surface area (Å²) in [6, 6.07) is 0. The molecule has 0 aromatic rings. The minimum atomic E-state index is -1.24. The third kappa shape index (κ3) is 7.84. The van der Waals surface area contributed by atoms with Gasteiger partial charge in [-0.1, -0.05) is 38.9 Å². The van der Waals surface area contributed by atoms with Crippen molar-refractivity contribution in [3.05, 3.63) is 8.96 Å². The normalized spacial score (nSPS) is 10.4. The van der Waals surface area contributed by atoms with Crippen molar-refractivity contribution in [3.63, 3.8) is 0 Å². The molecule has 0 aromatic heterocycles. The molecule has 0 aliphatic carbocycles. The monoisotopic (exact) mass is 336 g/mol. The highest BCUT2D eigenvalue weighted by molar-refractivity contribution is 9.28. The van der Waals surface area contributed by atoms with Crippen LogP contribution >= 0.6 is 31.9 Å². The summed E-state index contributed by atoms with van der Waals surface area (Å²) in [4.78, 5) is 0. The van der Waals surface area contributed by atoms with Gasteiger partial charge in [-0.25, -0.2) is 0 Å². The van der Waals surface area contributed by atoms with E-state index in [1.807, 2.05) is 0 Å². The van der Waals surface area contributed by atoms with Gasteiger partial charge in [-0.15, -0.1) is 5.54 Å². The van der Waals surface area contributed by atoms with Crippen LogP contribution in [0.2, 0.25) is 19.6 Å². The predicted molar refractivity (Wildman–Crippen MR) is 75.5 cm³/mol. The van der Waals surface area contributed by atoms with E-state index in [4.69, 9.17) is 0 Å². The Labute approximate surface area is 106 Å². The first kappa shape index (κ1) is 14.5. The van der Waals surface area contributed by atoms with Gasteiger partial charge in [0.1, 0.15) is 8.07 Å². The molecule has 14 heavy (non-hydrogen) atoms. The first-order valence-electron chi connectivity index (χ1n) is 4.94. The van der Waals surface area contributed by atoms with Gasteiger partial charge in [0, 0.05) is 5.57 Å². The summed E-state index contributed by atoms with van der Waals surface area (Å²) >= 11 is 6.90. The van der Waals surface area contributed by atoms with Gasteiger partial charge in [0.25, 0.3) is 0 Å². The van der Waals surface area contributed by atoms with Crippen molar-refractivity contribution in [2.75, 3.05) is 0 Å². The van der Waals surface area contributed by atoms with Crippen molar-refractivity contribution < 1.29 is 0 Å². The van der Waals surface area contributed by atoms with Crippen molar-refractivity contribution in [2.45, 2.75) is 45.8 Å². The van der Waals surface area contributed by atoms with Gasteiger partial charge in [0.05, 0.1) is 3.39 Å². The third-order valence-electron chi connectivity index (χ3n) is 1.60. The molecular weight excluding hydrogens is 320 g/mol. The van der Waals surface area contributed by atoms with Crippen LogP contribution in [0, 0.1) is 11.5 Å². The number of hydrogen-bond donors (Lipinski definition) is 0. The average Bonchev–Trinajstić information content (AvgIpc) is 2.01. The quantitative estimate of drug-likeness (QED) is 0.498. The second-order valence-electron chi connectivity index (χ2n) is 4.34. The molecule has 0 saturated carbocycles. The lowest BCUT2D eigenvalue weighted by Crippen LogP contribution is -2.16. The number of halogens is 2. The molecule has 0 aliphatic heterocycles. The topological polar surface area (TPSA) is 0 Å². The first-order chi connectivity index (χ1) is 6.37. The molecule has 0 atom stereocenters. The van der Waals surface area contributed by atoms with Crippen LogP contribution in [0.5, 0.6) is 0 Å². The van der Waals surface area contributed by atoms with E-state index in [9.17, 15) is 0 Å². The van der Waals surface area contributed by atoms with Crippen LogP contribution in [0.3, 0.4) is 0 Å². The van der Waals surface area contributed by atoms with Crippen LogP contribution in [-0.2, 0) is 0 Å². The maximum absolute atomic E-state index is 3.45. The Morgan fingerprint density at radius 2 is 1.79 bits per heavy atom. The summed E-state index contributed by atoms with van der Waals surface area (Å²) in [7, 11) is -1.24. The third-order valence-corrected chi connectivity index (χ3v) is 3.43. The van der Waals surface area contributed by atoms with E-state index in [1.165, 1.54) is 18.4 Å². The van der Waals surface area contributed by atoms with Crippen LogP contribution in [-0.4, -0.2) is 8.07 Å². The predicted octanol–water partition coefficient (Wildman–Crippen LogP) is 5.06. The van der Waals surface area contributed by atoms with E-state index in [-0.39, 0.29) is 0 Å². The molecule has 0 amide bonds. The summed E-state index contributed by atoms with van der Waals surface area (Å²) in [6.45, 7) is 8.99. The van der Waals surface area contributed by atoms with Gasteiger partial charge in [-0.05, 0) is 44.7 Å². The molecule has 0 unspecified atom stereocenters. The fraction of sp³-hybridized carbons (Fsp3) is 0.636. The van der Waals surface area contributed by atoms with E-state index in [2.05, 4.69) is 69.9 Å². The summed E-state index contributed by atoms with van der Waals surface area (Å²) in [5, 5.41) is 0. The van der Waals surface area contributed by atoms with Crippen LogP contribution in [0.4, 0.5) is 0 Å². The van der Waals surface area contributed by atoms with Crippen LogP contribution in [0.1, 0.15) is 26.2 Å². The highest BCUT2D eigenvalue weighted by Crippen LogP contribution is 2.22. The highest BCUT2D eigenvalue weighted by atomic mass is 79.9. The molecule has 0 aromatic carbocycles. The molecule has 0 heterocycles. The fourth-order valence-electron chi connectivity index (χ4n) is 0.821. The van der Waals surface area contributed by atoms with Crippen LogP contribution in [0.15, 0.2) is 8.96 Å². The Bertz CT molecular complexity index is 259. The van der Waals surface area contributed by atoms with E-state index < -0.39 is 8.07 Å². The molecule has 0 rings (SSSR count). The van der Waals surface area contributed by atoms with Crippen molar-refractivity contribution in [1.82, 2.24) is 0 Å². The van der Waals surface area contributed by atoms with Crippen molar-refractivity contribution in [3.8, 4) is 11.5 Å². The molecule has 3 heteroatoms. The van der Waals surface area contributed by atoms with Gasteiger partial charge in [0.2, 0.25) is 0 Å². The molecule has 0 spiro atoms. The summed E-state index contributed by atoms with van der Waals surface area (Å²) in [5.74, 6) is 3.29. The summed E-state index contributed by atoms with van der Waals surface area (Å²) in [5.41, 5.74) is 4.59. The molecule has 80 valence electrons. The molecule has 0 fully saturated rings. The van der Waals surface area contributed by atoms with E-state index >= 15 is 0 Å². The SMILES string of the molecule is CCCCC(C#C[Si](C)(C)C)=C(Br)Br. The maximum atomic E-state index is 3.45. The standard InChI is InChI=1S/C11H18Br2Si/c1-5-6-7-10(11(12)13)8-9-14(2,3)4/h5-7H2,1-4H3. The molecule has 0 saturated heterocycles. The summed E-state index contributed by atoms with van der Waals surface area (Å²) in [6.07, 6.45) is 3.49. The van der Waals surface area contributed by atoms with Crippen LogP contribution < -0.4 is 0 Å². The van der Waals surface area contributed by atoms with Gasteiger partial charge >= 0.3 is 0 Å². The van der Waals surface area contributed by atoms with Gasteiger partial charge < -0.3 is 0 Å². The number of hydrogen-bond acceptors (Lipinski definition) is 0. The van der Waals surface area contributed by atoms with Crippen molar-refractivity contribution >= 4 is 39.9 Å². The Morgan fingerprint density at radius 1 is 1.21 bits per heavy atom. The lowest BCUT2D eigenvalue weighted by molar-refractivity contribution is 0.802. The molecular formula is C11H18Br2Si. The fourth-order valence-corrected chi connectivity index (χ4v) is 1.94. The molecule has 0 bridgehead atoms. The smallest absolute Gasteiger partial charge is 0.127 e. The lowest BCUT2D eigenvalue weighted by Gasteiger charge is -2.05. The minimum absolute atomic E-state index is 1.02. The van der Waals surface area contributed by atoms with Gasteiger partial charge in [0.15, 0.2) is 0 Å². The van der Waals surface area contributed by atoms with E-state index in [0.29, 0.717) is 0 Å². The highest BCUT2D eigenvalue weighted by Gasteiger charge is 2.08. The Hall–Kier alpha value is 0.477. The second-order valence-corrected chi connectivity index (χ2v) is 11.7. The first-order valence-corrected chi connectivity index (χ1v) is 10.0. The Balaban J connectivity index is 4.54. The zero-order chi connectivity index (χ0) is 11.2. The average molecular weight is 338 g/mol. The number of allylic oxidation sites excluding steroid dienone is 1.